The molecular formula is C15H21BrClN3O3. The number of halogens is 2. The lowest BCUT2D eigenvalue weighted by Crippen LogP contribution is -2.51. The fourth-order valence-electron chi connectivity index (χ4n) is 2.09. The van der Waals surface area contributed by atoms with Crippen molar-refractivity contribution in [3.05, 3.63) is 34.3 Å². The van der Waals surface area contributed by atoms with Crippen LogP contribution in [0.5, 0.6) is 0 Å². The van der Waals surface area contributed by atoms with Crippen molar-refractivity contribution in [2.45, 2.75) is 12.5 Å². The average Bonchev–Trinajstić information content (AvgIpc) is 2.55. The molecule has 1 aromatic carbocycles. The van der Waals surface area contributed by atoms with Gasteiger partial charge >= 0.3 is 0 Å². The van der Waals surface area contributed by atoms with E-state index in [1.54, 1.807) is 12.1 Å². The summed E-state index contributed by atoms with van der Waals surface area (Å²) in [7, 11) is 0. The van der Waals surface area contributed by atoms with Gasteiger partial charge in [0.15, 0.2) is 0 Å². The van der Waals surface area contributed by atoms with Gasteiger partial charge in [-0.2, -0.15) is 0 Å². The largest absolute Gasteiger partial charge is 0.378 e. The number of nitrogens with one attached hydrogen (secondary N) is 3. The second-order valence-electron chi connectivity index (χ2n) is 4.99. The first kappa shape index (κ1) is 19.9. The lowest BCUT2D eigenvalue weighted by atomic mass is 10.2. The van der Waals surface area contributed by atoms with Crippen molar-refractivity contribution in [2.75, 3.05) is 32.8 Å². The number of carbonyl (C=O) groups excluding carboxylic acids is 2. The van der Waals surface area contributed by atoms with Gasteiger partial charge in [0, 0.05) is 29.7 Å². The third-order valence-corrected chi connectivity index (χ3v) is 3.76. The molecule has 1 aliphatic heterocycles. The van der Waals surface area contributed by atoms with Crippen LogP contribution in [0, 0.1) is 0 Å². The van der Waals surface area contributed by atoms with Crippen molar-refractivity contribution in [2.24, 2.45) is 0 Å². The molecule has 6 nitrogen and oxygen atoms in total. The van der Waals surface area contributed by atoms with Gasteiger partial charge in [-0.15, -0.1) is 12.4 Å². The van der Waals surface area contributed by atoms with Gasteiger partial charge < -0.3 is 20.7 Å². The number of hydrogen-bond donors (Lipinski definition) is 3. The van der Waals surface area contributed by atoms with Gasteiger partial charge in [-0.05, 0) is 24.6 Å². The molecule has 1 heterocycles. The number of morpholine rings is 1. The number of carbonyl (C=O) groups is 2. The van der Waals surface area contributed by atoms with E-state index in [1.807, 2.05) is 12.1 Å². The lowest BCUT2D eigenvalue weighted by molar-refractivity contribution is -0.125. The van der Waals surface area contributed by atoms with Gasteiger partial charge in [0.05, 0.1) is 13.2 Å². The van der Waals surface area contributed by atoms with Crippen LogP contribution in [-0.2, 0) is 9.53 Å². The van der Waals surface area contributed by atoms with E-state index in [4.69, 9.17) is 4.74 Å². The summed E-state index contributed by atoms with van der Waals surface area (Å²) in [6.07, 6.45) is 0.680. The summed E-state index contributed by atoms with van der Waals surface area (Å²) < 4.78 is 6.11. The van der Waals surface area contributed by atoms with Crippen LogP contribution >= 0.6 is 28.3 Å². The zero-order valence-corrected chi connectivity index (χ0v) is 15.0. The van der Waals surface area contributed by atoms with Gasteiger partial charge in [-0.1, -0.05) is 22.0 Å². The number of amides is 2. The molecule has 0 bridgehead atoms. The van der Waals surface area contributed by atoms with Crippen molar-refractivity contribution < 1.29 is 14.3 Å². The van der Waals surface area contributed by atoms with E-state index in [2.05, 4.69) is 31.9 Å². The standard InChI is InChI=1S/C15H20BrN3O3.ClH/c16-12-4-1-3-11(9-12)14(20)18-5-2-6-19-15(21)13-10-22-8-7-17-13;/h1,3-4,9,13,17H,2,5-8,10H2,(H,18,20)(H,19,21);1H. The van der Waals surface area contributed by atoms with Crippen LogP contribution in [0.25, 0.3) is 0 Å². The Morgan fingerprint density at radius 1 is 1.30 bits per heavy atom. The summed E-state index contributed by atoms with van der Waals surface area (Å²) in [4.78, 5) is 23.7. The maximum Gasteiger partial charge on any atom is 0.251 e. The van der Waals surface area contributed by atoms with Crippen LogP contribution < -0.4 is 16.0 Å². The van der Waals surface area contributed by atoms with Gasteiger partial charge in [-0.3, -0.25) is 9.59 Å². The number of ether oxygens (including phenoxy) is 1. The number of rotatable bonds is 6. The smallest absolute Gasteiger partial charge is 0.251 e. The van der Waals surface area contributed by atoms with Crippen LogP contribution in [0.2, 0.25) is 0 Å². The van der Waals surface area contributed by atoms with Gasteiger partial charge in [0.25, 0.3) is 5.91 Å². The number of benzene rings is 1. The molecule has 0 aliphatic carbocycles. The quantitative estimate of drug-likeness (QED) is 0.618. The van der Waals surface area contributed by atoms with Crippen molar-refractivity contribution in [3.8, 4) is 0 Å². The Morgan fingerprint density at radius 3 is 2.78 bits per heavy atom. The first-order valence-electron chi connectivity index (χ1n) is 7.29. The molecule has 0 radical (unpaired) electrons. The molecule has 2 rings (SSSR count). The molecular weight excluding hydrogens is 386 g/mol. The third-order valence-electron chi connectivity index (χ3n) is 3.26. The van der Waals surface area contributed by atoms with Crippen LogP contribution in [0.3, 0.4) is 0 Å². The summed E-state index contributed by atoms with van der Waals surface area (Å²) >= 11 is 3.33. The van der Waals surface area contributed by atoms with E-state index >= 15 is 0 Å². The van der Waals surface area contributed by atoms with Crippen LogP contribution in [-0.4, -0.2) is 50.7 Å². The fourth-order valence-corrected chi connectivity index (χ4v) is 2.49. The Morgan fingerprint density at radius 2 is 2.09 bits per heavy atom. The highest BCUT2D eigenvalue weighted by Crippen LogP contribution is 2.11. The van der Waals surface area contributed by atoms with E-state index in [9.17, 15) is 9.59 Å². The van der Waals surface area contributed by atoms with E-state index in [-0.39, 0.29) is 30.3 Å². The molecule has 2 amide bonds. The van der Waals surface area contributed by atoms with Crippen LogP contribution in [0.4, 0.5) is 0 Å². The molecule has 0 aromatic heterocycles. The number of hydrogen-bond acceptors (Lipinski definition) is 4. The zero-order valence-electron chi connectivity index (χ0n) is 12.6. The first-order valence-corrected chi connectivity index (χ1v) is 8.09. The molecule has 128 valence electrons. The van der Waals surface area contributed by atoms with Crippen LogP contribution in [0.15, 0.2) is 28.7 Å². The minimum Gasteiger partial charge on any atom is -0.378 e. The summed E-state index contributed by atoms with van der Waals surface area (Å²) in [5, 5.41) is 8.76. The van der Waals surface area contributed by atoms with E-state index in [1.165, 1.54) is 0 Å². The first-order chi connectivity index (χ1) is 10.7. The van der Waals surface area contributed by atoms with Crippen molar-refractivity contribution >= 4 is 40.2 Å². The minimum atomic E-state index is -0.273. The van der Waals surface area contributed by atoms with E-state index in [0.29, 0.717) is 44.8 Å². The fraction of sp³-hybridized carbons (Fsp3) is 0.467. The topological polar surface area (TPSA) is 79.5 Å². The Bertz CT molecular complexity index is 524. The van der Waals surface area contributed by atoms with Gasteiger partial charge in [-0.25, -0.2) is 0 Å². The maximum atomic E-state index is 11.9. The molecule has 1 unspecified atom stereocenters. The highest BCUT2D eigenvalue weighted by atomic mass is 79.9. The molecule has 23 heavy (non-hydrogen) atoms. The Balaban J connectivity index is 0.00000264. The van der Waals surface area contributed by atoms with Crippen LogP contribution in [0.1, 0.15) is 16.8 Å². The van der Waals surface area contributed by atoms with Crippen molar-refractivity contribution in [3.63, 3.8) is 0 Å². The van der Waals surface area contributed by atoms with Crippen molar-refractivity contribution in [1.29, 1.82) is 0 Å². The molecule has 1 atom stereocenters. The molecule has 3 N–H and O–H groups in total. The summed E-state index contributed by atoms with van der Waals surface area (Å²) in [6.45, 7) is 2.79. The molecule has 8 heteroatoms. The minimum absolute atomic E-state index is 0. The lowest BCUT2D eigenvalue weighted by Gasteiger charge is -2.22. The summed E-state index contributed by atoms with van der Waals surface area (Å²) in [6, 6.07) is 6.95. The second-order valence-corrected chi connectivity index (χ2v) is 5.91. The summed E-state index contributed by atoms with van der Waals surface area (Å²) in [5.41, 5.74) is 0.613. The monoisotopic (exact) mass is 405 g/mol. The molecule has 1 aromatic rings. The Kier molecular flexibility index (Phi) is 9.16. The molecule has 0 spiro atoms. The predicted octanol–water partition coefficient (Wildman–Crippen LogP) is 1.10. The maximum absolute atomic E-state index is 11.9. The molecule has 1 saturated heterocycles. The van der Waals surface area contributed by atoms with Crippen molar-refractivity contribution in [1.82, 2.24) is 16.0 Å². The Labute approximate surface area is 150 Å². The third kappa shape index (κ3) is 6.87. The molecule has 1 fully saturated rings. The highest BCUT2D eigenvalue weighted by molar-refractivity contribution is 9.10. The second kappa shape index (κ2) is 10.6. The SMILES string of the molecule is Cl.O=C(NCCCNC(=O)C1COCCN1)c1cccc(Br)c1. The molecule has 1 aliphatic rings. The van der Waals surface area contributed by atoms with Gasteiger partial charge in [0.1, 0.15) is 6.04 Å². The summed E-state index contributed by atoms with van der Waals surface area (Å²) in [5.74, 6) is -0.173. The normalized spacial score (nSPS) is 17.0. The van der Waals surface area contributed by atoms with Gasteiger partial charge in [0.2, 0.25) is 5.91 Å². The van der Waals surface area contributed by atoms with E-state index in [0.717, 1.165) is 4.47 Å². The Hall–Kier alpha value is -1.15. The predicted molar refractivity (Wildman–Crippen MR) is 94.0 cm³/mol. The zero-order chi connectivity index (χ0) is 15.8. The van der Waals surface area contributed by atoms with E-state index < -0.39 is 0 Å². The average molecular weight is 407 g/mol. The highest BCUT2D eigenvalue weighted by Gasteiger charge is 2.20. The molecule has 0 saturated carbocycles.